The predicted molar refractivity (Wildman–Crippen MR) is 128 cm³/mol. The number of carboxylic acids is 1. The Labute approximate surface area is 203 Å². The molecule has 1 unspecified atom stereocenters. The van der Waals surface area contributed by atoms with E-state index in [9.17, 15) is 24.3 Å². The standard InChI is InChI=1S/C26H30N2O7/c1-15(2)12-21(24(30)27-22(25(31)32)13-23(29)34-3)28-26(33)35-14-20-18-10-6-4-8-16(18)17-9-5-7-11-19(17)20/h4-11,15,20-22H,12-14H2,1-3H3,(H,27,30)(H,28,33)(H,31,32)/t21?,22-/m0/s1. The lowest BCUT2D eigenvalue weighted by Crippen LogP contribution is -2.52. The predicted octanol–water partition coefficient (Wildman–Crippen LogP) is 3.07. The van der Waals surface area contributed by atoms with Crippen LogP contribution < -0.4 is 10.6 Å². The zero-order chi connectivity index (χ0) is 25.5. The van der Waals surface area contributed by atoms with Crippen LogP contribution in [-0.2, 0) is 23.9 Å². The van der Waals surface area contributed by atoms with Crippen LogP contribution in [0.4, 0.5) is 4.79 Å². The van der Waals surface area contributed by atoms with Crippen molar-refractivity contribution in [3.8, 4) is 11.1 Å². The lowest BCUT2D eigenvalue weighted by atomic mass is 9.98. The molecule has 0 radical (unpaired) electrons. The van der Waals surface area contributed by atoms with Crippen LogP contribution in [0.1, 0.15) is 43.7 Å². The number of rotatable bonds is 10. The Hall–Kier alpha value is -3.88. The third-order valence-corrected chi connectivity index (χ3v) is 5.87. The number of carboxylic acid groups (broad SMARTS) is 1. The first-order valence-electron chi connectivity index (χ1n) is 11.4. The van der Waals surface area contributed by atoms with E-state index < -0.39 is 42.4 Å². The second-order valence-corrected chi connectivity index (χ2v) is 8.83. The average molecular weight is 483 g/mol. The highest BCUT2D eigenvalue weighted by Crippen LogP contribution is 2.44. The Balaban J connectivity index is 1.66. The molecule has 0 spiro atoms. The number of esters is 1. The third kappa shape index (κ3) is 6.38. The molecule has 2 amide bonds. The lowest BCUT2D eigenvalue weighted by molar-refractivity contribution is -0.149. The molecule has 9 nitrogen and oxygen atoms in total. The van der Waals surface area contributed by atoms with Gasteiger partial charge >= 0.3 is 18.0 Å². The molecule has 186 valence electrons. The first-order chi connectivity index (χ1) is 16.7. The van der Waals surface area contributed by atoms with E-state index in [0.29, 0.717) is 0 Å². The minimum atomic E-state index is -1.48. The molecule has 0 aliphatic heterocycles. The molecule has 0 saturated heterocycles. The number of ether oxygens (including phenoxy) is 2. The van der Waals surface area contributed by atoms with E-state index in [2.05, 4.69) is 15.4 Å². The van der Waals surface area contributed by atoms with Crippen molar-refractivity contribution in [2.24, 2.45) is 5.92 Å². The van der Waals surface area contributed by atoms with Crippen molar-refractivity contribution < 1.29 is 33.8 Å². The van der Waals surface area contributed by atoms with Gasteiger partial charge in [0.15, 0.2) is 0 Å². The van der Waals surface area contributed by atoms with E-state index in [1.165, 1.54) is 0 Å². The maximum absolute atomic E-state index is 12.8. The fourth-order valence-corrected chi connectivity index (χ4v) is 4.21. The van der Waals surface area contributed by atoms with Gasteiger partial charge < -0.3 is 25.2 Å². The Bertz CT molecular complexity index is 1050. The summed E-state index contributed by atoms with van der Waals surface area (Å²) in [6, 6.07) is 13.4. The number of benzene rings is 2. The van der Waals surface area contributed by atoms with E-state index in [1.807, 2.05) is 62.4 Å². The summed E-state index contributed by atoms with van der Waals surface area (Å²) >= 11 is 0. The smallest absolute Gasteiger partial charge is 0.407 e. The Kier molecular flexibility index (Phi) is 8.46. The SMILES string of the molecule is COC(=O)C[C@H](NC(=O)C(CC(C)C)NC(=O)OCC1c2ccccc2-c2ccccc21)C(=O)O. The number of hydrogen-bond acceptors (Lipinski definition) is 6. The average Bonchev–Trinajstić information content (AvgIpc) is 3.15. The number of carbonyl (C=O) groups excluding carboxylic acids is 3. The second-order valence-electron chi connectivity index (χ2n) is 8.83. The van der Waals surface area contributed by atoms with Gasteiger partial charge in [-0.1, -0.05) is 62.4 Å². The largest absolute Gasteiger partial charge is 0.480 e. The number of aliphatic carboxylic acids is 1. The summed E-state index contributed by atoms with van der Waals surface area (Å²) in [4.78, 5) is 48.4. The molecule has 0 bridgehead atoms. The summed E-state index contributed by atoms with van der Waals surface area (Å²) in [5.74, 6) is -3.00. The monoisotopic (exact) mass is 482 g/mol. The van der Waals surface area contributed by atoms with Crippen molar-refractivity contribution in [1.82, 2.24) is 10.6 Å². The number of fused-ring (bicyclic) bond motifs is 3. The maximum Gasteiger partial charge on any atom is 0.407 e. The summed E-state index contributed by atoms with van der Waals surface area (Å²) < 4.78 is 10.0. The van der Waals surface area contributed by atoms with Crippen molar-refractivity contribution in [2.75, 3.05) is 13.7 Å². The second kappa shape index (κ2) is 11.5. The van der Waals surface area contributed by atoms with Crippen molar-refractivity contribution in [2.45, 2.75) is 44.7 Å². The Morgan fingerprint density at radius 2 is 1.49 bits per heavy atom. The Morgan fingerprint density at radius 3 is 2.00 bits per heavy atom. The van der Waals surface area contributed by atoms with Gasteiger partial charge in [0.25, 0.3) is 0 Å². The maximum atomic E-state index is 12.8. The van der Waals surface area contributed by atoms with Gasteiger partial charge in [0.05, 0.1) is 13.5 Å². The summed E-state index contributed by atoms with van der Waals surface area (Å²) in [7, 11) is 1.13. The molecule has 0 aromatic heterocycles. The molecule has 3 N–H and O–H groups in total. The molecule has 0 fully saturated rings. The van der Waals surface area contributed by atoms with Crippen molar-refractivity contribution in [1.29, 1.82) is 0 Å². The lowest BCUT2D eigenvalue weighted by Gasteiger charge is -2.23. The number of amides is 2. The van der Waals surface area contributed by atoms with E-state index >= 15 is 0 Å². The summed E-state index contributed by atoms with van der Waals surface area (Å²) in [5.41, 5.74) is 4.31. The van der Waals surface area contributed by atoms with E-state index in [4.69, 9.17) is 4.74 Å². The zero-order valence-corrected chi connectivity index (χ0v) is 19.9. The topological polar surface area (TPSA) is 131 Å². The van der Waals surface area contributed by atoms with Crippen LogP contribution in [0.3, 0.4) is 0 Å². The summed E-state index contributed by atoms with van der Waals surface area (Å²) in [6.45, 7) is 3.81. The van der Waals surface area contributed by atoms with Crippen LogP contribution in [0.2, 0.25) is 0 Å². The van der Waals surface area contributed by atoms with Gasteiger partial charge in [-0.05, 0) is 34.6 Å². The highest BCUT2D eigenvalue weighted by atomic mass is 16.5. The molecule has 3 rings (SSSR count). The van der Waals surface area contributed by atoms with Crippen LogP contribution in [0.5, 0.6) is 0 Å². The van der Waals surface area contributed by atoms with Crippen molar-refractivity contribution in [3.63, 3.8) is 0 Å². The van der Waals surface area contributed by atoms with Gasteiger partial charge in [0, 0.05) is 5.92 Å². The fraction of sp³-hybridized carbons (Fsp3) is 0.385. The van der Waals surface area contributed by atoms with Crippen LogP contribution >= 0.6 is 0 Å². The number of methoxy groups -OCH3 is 1. The molecule has 0 saturated carbocycles. The molecular formula is C26H30N2O7. The molecular weight excluding hydrogens is 452 g/mol. The van der Waals surface area contributed by atoms with Gasteiger partial charge in [0.1, 0.15) is 18.7 Å². The zero-order valence-electron chi connectivity index (χ0n) is 19.9. The van der Waals surface area contributed by atoms with Crippen LogP contribution in [-0.4, -0.2) is 54.8 Å². The molecule has 35 heavy (non-hydrogen) atoms. The quantitative estimate of drug-likeness (QED) is 0.444. The molecule has 1 aliphatic rings. The number of nitrogens with one attached hydrogen (secondary N) is 2. The van der Waals surface area contributed by atoms with E-state index in [1.54, 1.807) is 0 Å². The van der Waals surface area contributed by atoms with Crippen LogP contribution in [0.25, 0.3) is 11.1 Å². The van der Waals surface area contributed by atoms with Gasteiger partial charge in [-0.25, -0.2) is 9.59 Å². The minimum absolute atomic E-state index is 0.0171. The molecule has 2 atom stereocenters. The van der Waals surface area contributed by atoms with Gasteiger partial charge in [0.2, 0.25) is 5.91 Å². The first kappa shape index (κ1) is 25.7. The molecule has 2 aromatic rings. The number of alkyl carbamates (subject to hydrolysis) is 1. The van der Waals surface area contributed by atoms with Crippen molar-refractivity contribution in [3.05, 3.63) is 59.7 Å². The number of hydrogen-bond donors (Lipinski definition) is 3. The minimum Gasteiger partial charge on any atom is -0.480 e. The van der Waals surface area contributed by atoms with Gasteiger partial charge in [-0.3, -0.25) is 9.59 Å². The van der Waals surface area contributed by atoms with E-state index in [0.717, 1.165) is 29.4 Å². The summed E-state index contributed by atoms with van der Waals surface area (Å²) in [5, 5.41) is 14.2. The van der Waals surface area contributed by atoms with Gasteiger partial charge in [-0.15, -0.1) is 0 Å². The molecule has 2 aromatic carbocycles. The summed E-state index contributed by atoms with van der Waals surface area (Å²) in [6.07, 6.45) is -1.06. The molecule has 1 aliphatic carbocycles. The molecule has 0 heterocycles. The highest BCUT2D eigenvalue weighted by Gasteiger charge is 2.31. The fourth-order valence-electron chi connectivity index (χ4n) is 4.21. The number of carbonyl (C=O) groups is 4. The highest BCUT2D eigenvalue weighted by molar-refractivity contribution is 5.91. The van der Waals surface area contributed by atoms with Gasteiger partial charge in [-0.2, -0.15) is 0 Å². The Morgan fingerprint density at radius 1 is 0.914 bits per heavy atom. The third-order valence-electron chi connectivity index (χ3n) is 5.87. The van der Waals surface area contributed by atoms with Crippen LogP contribution in [0, 0.1) is 5.92 Å². The normalized spacial score (nSPS) is 13.8. The first-order valence-corrected chi connectivity index (χ1v) is 11.4. The van der Waals surface area contributed by atoms with Crippen LogP contribution in [0.15, 0.2) is 48.5 Å². The van der Waals surface area contributed by atoms with Crippen molar-refractivity contribution >= 4 is 23.9 Å². The van der Waals surface area contributed by atoms with E-state index in [-0.39, 0.29) is 24.9 Å². The molecule has 9 heteroatoms.